The third kappa shape index (κ3) is 3.04. The summed E-state index contributed by atoms with van der Waals surface area (Å²) in [7, 11) is 0. The Morgan fingerprint density at radius 1 is 1.32 bits per heavy atom. The first-order valence-corrected chi connectivity index (χ1v) is 7.30. The molecule has 19 heavy (non-hydrogen) atoms. The van der Waals surface area contributed by atoms with Crippen LogP contribution in [0.1, 0.15) is 44.1 Å². The number of pyridine rings is 1. The normalized spacial score (nSPS) is 12.9. The summed E-state index contributed by atoms with van der Waals surface area (Å²) in [4.78, 5) is 4.09. The summed E-state index contributed by atoms with van der Waals surface area (Å²) in [5, 5.41) is 7.98. The fourth-order valence-electron chi connectivity index (χ4n) is 2.16. The van der Waals surface area contributed by atoms with Crippen molar-refractivity contribution in [2.24, 2.45) is 0 Å². The van der Waals surface area contributed by atoms with E-state index in [9.17, 15) is 0 Å². The fraction of sp³-hybridized carbons (Fsp3) is 0.429. The second-order valence-electron chi connectivity index (χ2n) is 4.69. The van der Waals surface area contributed by atoms with E-state index in [4.69, 9.17) is 0 Å². The van der Waals surface area contributed by atoms with Gasteiger partial charge in [-0.25, -0.2) is 0 Å². The quantitative estimate of drug-likeness (QED) is 0.918. The van der Waals surface area contributed by atoms with E-state index < -0.39 is 0 Å². The van der Waals surface area contributed by atoms with Crippen LogP contribution in [0.3, 0.4) is 0 Å². The number of nitrogens with zero attached hydrogens (tertiary/aromatic N) is 3. The molecule has 5 heteroatoms. The van der Waals surface area contributed by atoms with Crippen molar-refractivity contribution in [3.05, 3.63) is 46.5 Å². The SMILES string of the molecule is CCNC(c1ccncc1)c1c(Br)cnn1C(C)C. The molecule has 0 saturated carbocycles. The zero-order chi connectivity index (χ0) is 13.8. The molecule has 4 nitrogen and oxygen atoms in total. The van der Waals surface area contributed by atoms with Crippen molar-refractivity contribution in [3.8, 4) is 0 Å². The van der Waals surface area contributed by atoms with Crippen LogP contribution >= 0.6 is 15.9 Å². The van der Waals surface area contributed by atoms with Crippen LogP contribution in [0.4, 0.5) is 0 Å². The molecule has 0 aliphatic carbocycles. The summed E-state index contributed by atoms with van der Waals surface area (Å²) in [6.45, 7) is 7.28. The van der Waals surface area contributed by atoms with Gasteiger partial charge in [-0.3, -0.25) is 9.67 Å². The molecular formula is C14H19BrN4. The lowest BCUT2D eigenvalue weighted by Gasteiger charge is -2.22. The van der Waals surface area contributed by atoms with Crippen LogP contribution in [-0.4, -0.2) is 21.3 Å². The molecule has 0 fully saturated rings. The summed E-state index contributed by atoms with van der Waals surface area (Å²) in [6.07, 6.45) is 5.51. The standard InChI is InChI=1S/C14H19BrN4/c1-4-17-13(11-5-7-16-8-6-11)14-12(15)9-18-19(14)10(2)3/h5-10,13,17H,4H2,1-3H3. The van der Waals surface area contributed by atoms with E-state index in [1.165, 1.54) is 5.56 Å². The van der Waals surface area contributed by atoms with Gasteiger partial charge in [0.05, 0.1) is 22.4 Å². The maximum absolute atomic E-state index is 4.46. The van der Waals surface area contributed by atoms with Crippen molar-refractivity contribution >= 4 is 15.9 Å². The third-order valence-corrected chi connectivity index (χ3v) is 3.61. The van der Waals surface area contributed by atoms with Gasteiger partial charge in [-0.2, -0.15) is 5.10 Å². The van der Waals surface area contributed by atoms with Crippen molar-refractivity contribution in [3.63, 3.8) is 0 Å². The maximum atomic E-state index is 4.46. The molecule has 0 aromatic carbocycles. The van der Waals surface area contributed by atoms with E-state index in [1.807, 2.05) is 30.7 Å². The molecule has 2 aromatic heterocycles. The van der Waals surface area contributed by atoms with E-state index in [1.54, 1.807) is 0 Å². The van der Waals surface area contributed by atoms with Gasteiger partial charge in [0.1, 0.15) is 0 Å². The topological polar surface area (TPSA) is 42.7 Å². The molecule has 2 heterocycles. The molecule has 0 radical (unpaired) electrons. The van der Waals surface area contributed by atoms with Gasteiger partial charge in [0, 0.05) is 18.4 Å². The molecule has 2 aromatic rings. The minimum absolute atomic E-state index is 0.118. The zero-order valence-electron chi connectivity index (χ0n) is 11.5. The second-order valence-corrected chi connectivity index (χ2v) is 5.54. The van der Waals surface area contributed by atoms with Gasteiger partial charge in [0.2, 0.25) is 0 Å². The second kappa shape index (κ2) is 6.30. The Bertz CT molecular complexity index is 521. The highest BCUT2D eigenvalue weighted by Gasteiger charge is 2.22. The number of rotatable bonds is 5. The van der Waals surface area contributed by atoms with Crippen LogP contribution in [0.25, 0.3) is 0 Å². The van der Waals surface area contributed by atoms with Crippen LogP contribution in [0.15, 0.2) is 35.2 Å². The number of aromatic nitrogens is 3. The van der Waals surface area contributed by atoms with Crippen molar-refractivity contribution in [2.75, 3.05) is 6.54 Å². The third-order valence-electron chi connectivity index (χ3n) is 3.00. The molecule has 0 aliphatic rings. The number of nitrogens with one attached hydrogen (secondary N) is 1. The Labute approximate surface area is 122 Å². The lowest BCUT2D eigenvalue weighted by Crippen LogP contribution is -2.26. The van der Waals surface area contributed by atoms with Gasteiger partial charge in [-0.05, 0) is 54.0 Å². The highest BCUT2D eigenvalue weighted by molar-refractivity contribution is 9.10. The monoisotopic (exact) mass is 322 g/mol. The molecule has 0 aliphatic heterocycles. The highest BCUT2D eigenvalue weighted by Crippen LogP contribution is 2.30. The Hall–Kier alpha value is -1.20. The predicted molar refractivity (Wildman–Crippen MR) is 80.1 cm³/mol. The van der Waals surface area contributed by atoms with Crippen molar-refractivity contribution < 1.29 is 0 Å². The lowest BCUT2D eigenvalue weighted by atomic mass is 10.0. The van der Waals surface area contributed by atoms with Crippen LogP contribution in [-0.2, 0) is 0 Å². The van der Waals surface area contributed by atoms with Crippen LogP contribution in [0, 0.1) is 0 Å². The summed E-state index contributed by atoms with van der Waals surface area (Å²) >= 11 is 3.61. The highest BCUT2D eigenvalue weighted by atomic mass is 79.9. The Morgan fingerprint density at radius 2 is 2.00 bits per heavy atom. The van der Waals surface area contributed by atoms with Crippen molar-refractivity contribution in [1.29, 1.82) is 0 Å². The molecule has 1 unspecified atom stereocenters. The van der Waals surface area contributed by atoms with E-state index in [0.717, 1.165) is 16.7 Å². The molecule has 0 spiro atoms. The number of hydrogen-bond donors (Lipinski definition) is 1. The van der Waals surface area contributed by atoms with Crippen molar-refractivity contribution in [1.82, 2.24) is 20.1 Å². The Morgan fingerprint density at radius 3 is 2.58 bits per heavy atom. The largest absolute Gasteiger partial charge is 0.305 e. The van der Waals surface area contributed by atoms with Gasteiger partial charge in [0.15, 0.2) is 0 Å². The first kappa shape index (κ1) is 14.2. The van der Waals surface area contributed by atoms with Gasteiger partial charge < -0.3 is 5.32 Å². The van der Waals surface area contributed by atoms with E-state index >= 15 is 0 Å². The van der Waals surface area contributed by atoms with Crippen LogP contribution in [0.2, 0.25) is 0 Å². The minimum Gasteiger partial charge on any atom is -0.305 e. The number of halogens is 1. The molecule has 0 saturated heterocycles. The molecule has 2 rings (SSSR count). The summed E-state index contributed by atoms with van der Waals surface area (Å²) in [6, 6.07) is 4.52. The van der Waals surface area contributed by atoms with Crippen LogP contribution in [0.5, 0.6) is 0 Å². The Kier molecular flexibility index (Phi) is 4.71. The molecule has 0 amide bonds. The van der Waals surface area contributed by atoms with Gasteiger partial charge in [0.25, 0.3) is 0 Å². The molecular weight excluding hydrogens is 304 g/mol. The Balaban J connectivity index is 2.48. The summed E-state index contributed by atoms with van der Waals surface area (Å²) in [5.74, 6) is 0. The first-order chi connectivity index (χ1) is 9.15. The fourth-order valence-corrected chi connectivity index (χ4v) is 2.67. The zero-order valence-corrected chi connectivity index (χ0v) is 13.1. The van der Waals surface area contributed by atoms with E-state index in [0.29, 0.717) is 6.04 Å². The van der Waals surface area contributed by atoms with Gasteiger partial charge in [-0.1, -0.05) is 6.92 Å². The predicted octanol–water partition coefficient (Wildman–Crippen LogP) is 3.32. The van der Waals surface area contributed by atoms with E-state index in [-0.39, 0.29) is 6.04 Å². The average molecular weight is 323 g/mol. The van der Waals surface area contributed by atoms with Gasteiger partial charge >= 0.3 is 0 Å². The van der Waals surface area contributed by atoms with Crippen molar-refractivity contribution in [2.45, 2.75) is 32.9 Å². The smallest absolute Gasteiger partial charge is 0.0761 e. The molecule has 102 valence electrons. The molecule has 1 atom stereocenters. The lowest BCUT2D eigenvalue weighted by molar-refractivity contribution is 0.475. The molecule has 1 N–H and O–H groups in total. The molecule has 0 bridgehead atoms. The number of hydrogen-bond acceptors (Lipinski definition) is 3. The minimum atomic E-state index is 0.118. The summed E-state index contributed by atoms with van der Waals surface area (Å²) in [5.41, 5.74) is 2.35. The maximum Gasteiger partial charge on any atom is 0.0761 e. The summed E-state index contributed by atoms with van der Waals surface area (Å²) < 4.78 is 3.08. The van der Waals surface area contributed by atoms with Crippen LogP contribution < -0.4 is 5.32 Å². The van der Waals surface area contributed by atoms with Gasteiger partial charge in [-0.15, -0.1) is 0 Å². The van der Waals surface area contributed by atoms with E-state index in [2.05, 4.69) is 56.8 Å². The first-order valence-electron chi connectivity index (χ1n) is 6.51. The average Bonchev–Trinajstić information content (AvgIpc) is 2.79.